The number of carbonyl (C=O) groups excluding carboxylic acids is 1. The standard InChI is InChI=1S/C22H28FN3O2/c1-28-21-9-7-20(8-10-21)26-15-13-25(14-16-26)12-2-11-24-22(27)17-18-3-5-19(23)6-4-18/h3-10H,2,11-17H2,1H3,(H,24,27). The van der Waals surface area contributed by atoms with Crippen LogP contribution in [-0.4, -0.2) is 57.2 Å². The van der Waals surface area contributed by atoms with Crippen LogP contribution >= 0.6 is 0 Å². The fourth-order valence-electron chi connectivity index (χ4n) is 3.40. The SMILES string of the molecule is COc1ccc(N2CCN(CCCNC(=O)Cc3ccc(F)cc3)CC2)cc1. The van der Waals surface area contributed by atoms with Crippen molar-refractivity contribution in [1.82, 2.24) is 10.2 Å². The van der Waals surface area contributed by atoms with Gasteiger partial charge in [0.15, 0.2) is 0 Å². The Labute approximate surface area is 166 Å². The number of hydrogen-bond donors (Lipinski definition) is 1. The van der Waals surface area contributed by atoms with Crippen molar-refractivity contribution in [3.63, 3.8) is 0 Å². The highest BCUT2D eigenvalue weighted by atomic mass is 19.1. The van der Waals surface area contributed by atoms with Crippen LogP contribution in [0, 0.1) is 5.82 Å². The highest BCUT2D eigenvalue weighted by Crippen LogP contribution is 2.20. The first-order valence-corrected chi connectivity index (χ1v) is 9.76. The first kappa shape index (κ1) is 20.1. The van der Waals surface area contributed by atoms with Gasteiger partial charge >= 0.3 is 0 Å². The number of nitrogens with zero attached hydrogens (tertiary/aromatic N) is 2. The Morgan fingerprint density at radius 1 is 1.04 bits per heavy atom. The van der Waals surface area contributed by atoms with E-state index in [0.717, 1.165) is 50.5 Å². The molecule has 6 heteroatoms. The summed E-state index contributed by atoms with van der Waals surface area (Å²) < 4.78 is 18.1. The van der Waals surface area contributed by atoms with Crippen molar-refractivity contribution < 1.29 is 13.9 Å². The fraction of sp³-hybridized carbons (Fsp3) is 0.409. The molecule has 3 rings (SSSR count). The lowest BCUT2D eigenvalue weighted by molar-refractivity contribution is -0.120. The second-order valence-electron chi connectivity index (χ2n) is 7.03. The molecular formula is C22H28FN3O2. The van der Waals surface area contributed by atoms with Gasteiger partial charge in [0.1, 0.15) is 11.6 Å². The molecule has 0 aliphatic carbocycles. The minimum Gasteiger partial charge on any atom is -0.497 e. The summed E-state index contributed by atoms with van der Waals surface area (Å²) in [6, 6.07) is 14.3. The van der Waals surface area contributed by atoms with Gasteiger partial charge in [0.05, 0.1) is 13.5 Å². The normalized spacial score (nSPS) is 14.7. The molecule has 0 unspecified atom stereocenters. The van der Waals surface area contributed by atoms with Crippen LogP contribution in [-0.2, 0) is 11.2 Å². The van der Waals surface area contributed by atoms with Gasteiger partial charge in [-0.3, -0.25) is 9.69 Å². The topological polar surface area (TPSA) is 44.8 Å². The molecule has 150 valence electrons. The van der Waals surface area contributed by atoms with Crippen LogP contribution in [0.2, 0.25) is 0 Å². The molecule has 1 fully saturated rings. The summed E-state index contributed by atoms with van der Waals surface area (Å²) in [5.41, 5.74) is 2.06. The Hall–Kier alpha value is -2.60. The lowest BCUT2D eigenvalue weighted by Gasteiger charge is -2.36. The highest BCUT2D eigenvalue weighted by Gasteiger charge is 2.16. The van der Waals surface area contributed by atoms with Crippen molar-refractivity contribution >= 4 is 11.6 Å². The van der Waals surface area contributed by atoms with Crippen LogP contribution in [0.5, 0.6) is 5.75 Å². The Bertz CT molecular complexity index is 741. The molecule has 0 atom stereocenters. The van der Waals surface area contributed by atoms with Crippen molar-refractivity contribution in [3.8, 4) is 5.75 Å². The Kier molecular flexibility index (Phi) is 7.25. The van der Waals surface area contributed by atoms with Crippen LogP contribution < -0.4 is 15.0 Å². The van der Waals surface area contributed by atoms with E-state index < -0.39 is 0 Å². The first-order chi connectivity index (χ1) is 13.6. The summed E-state index contributed by atoms with van der Waals surface area (Å²) in [7, 11) is 1.68. The van der Waals surface area contributed by atoms with E-state index in [0.29, 0.717) is 13.0 Å². The van der Waals surface area contributed by atoms with Gasteiger partial charge in [0, 0.05) is 38.4 Å². The average molecular weight is 385 g/mol. The summed E-state index contributed by atoms with van der Waals surface area (Å²) in [5.74, 6) is 0.580. The monoisotopic (exact) mass is 385 g/mol. The molecule has 1 heterocycles. The number of ether oxygens (including phenoxy) is 1. The number of hydrogen-bond acceptors (Lipinski definition) is 4. The minimum absolute atomic E-state index is 0.0177. The number of nitrogens with one attached hydrogen (secondary N) is 1. The lowest BCUT2D eigenvalue weighted by Crippen LogP contribution is -2.47. The van der Waals surface area contributed by atoms with Gasteiger partial charge in [-0.25, -0.2) is 4.39 Å². The van der Waals surface area contributed by atoms with E-state index in [2.05, 4.69) is 27.2 Å². The second kappa shape index (κ2) is 10.1. The zero-order chi connectivity index (χ0) is 19.8. The molecule has 1 N–H and O–H groups in total. The molecule has 0 saturated carbocycles. The number of piperazine rings is 1. The van der Waals surface area contributed by atoms with E-state index in [1.807, 2.05) is 12.1 Å². The van der Waals surface area contributed by atoms with Crippen molar-refractivity contribution in [2.45, 2.75) is 12.8 Å². The maximum Gasteiger partial charge on any atom is 0.224 e. The molecule has 1 aliphatic rings. The average Bonchev–Trinajstić information content (AvgIpc) is 2.73. The predicted molar refractivity (Wildman–Crippen MR) is 109 cm³/mol. The van der Waals surface area contributed by atoms with Crippen LogP contribution in [0.3, 0.4) is 0 Å². The molecular weight excluding hydrogens is 357 g/mol. The number of carbonyl (C=O) groups is 1. The highest BCUT2D eigenvalue weighted by molar-refractivity contribution is 5.78. The number of amides is 1. The van der Waals surface area contributed by atoms with E-state index in [4.69, 9.17) is 4.74 Å². The van der Waals surface area contributed by atoms with Crippen LogP contribution in [0.4, 0.5) is 10.1 Å². The molecule has 2 aromatic rings. The summed E-state index contributed by atoms with van der Waals surface area (Å²) in [6.07, 6.45) is 1.22. The number of anilines is 1. The molecule has 0 radical (unpaired) electrons. The molecule has 0 bridgehead atoms. The van der Waals surface area contributed by atoms with Gasteiger partial charge in [0.2, 0.25) is 5.91 Å². The molecule has 1 saturated heterocycles. The summed E-state index contributed by atoms with van der Waals surface area (Å²) in [5, 5.41) is 2.95. The zero-order valence-electron chi connectivity index (χ0n) is 16.4. The largest absolute Gasteiger partial charge is 0.497 e. The zero-order valence-corrected chi connectivity index (χ0v) is 16.4. The van der Waals surface area contributed by atoms with Crippen LogP contribution in [0.25, 0.3) is 0 Å². The predicted octanol–water partition coefficient (Wildman–Crippen LogP) is 2.71. The number of rotatable bonds is 8. The Morgan fingerprint density at radius 3 is 2.36 bits per heavy atom. The molecule has 5 nitrogen and oxygen atoms in total. The number of benzene rings is 2. The van der Waals surface area contributed by atoms with Crippen LogP contribution in [0.1, 0.15) is 12.0 Å². The molecule has 2 aromatic carbocycles. The molecule has 0 aromatic heterocycles. The molecule has 1 aliphatic heterocycles. The van der Waals surface area contributed by atoms with E-state index >= 15 is 0 Å². The number of halogens is 1. The third-order valence-corrected chi connectivity index (χ3v) is 5.06. The van der Waals surface area contributed by atoms with Crippen LogP contribution in [0.15, 0.2) is 48.5 Å². The number of methoxy groups -OCH3 is 1. The molecule has 1 amide bonds. The van der Waals surface area contributed by atoms with Gasteiger partial charge in [-0.05, 0) is 54.9 Å². The maximum atomic E-state index is 12.9. The smallest absolute Gasteiger partial charge is 0.224 e. The minimum atomic E-state index is -0.281. The molecule has 0 spiro atoms. The van der Waals surface area contributed by atoms with Gasteiger partial charge in [-0.1, -0.05) is 12.1 Å². The van der Waals surface area contributed by atoms with Gasteiger partial charge in [-0.2, -0.15) is 0 Å². The van der Waals surface area contributed by atoms with Crippen molar-refractivity contribution in [2.24, 2.45) is 0 Å². The quantitative estimate of drug-likeness (QED) is 0.710. The third-order valence-electron chi connectivity index (χ3n) is 5.06. The Morgan fingerprint density at radius 2 is 1.71 bits per heavy atom. The van der Waals surface area contributed by atoms with Crippen molar-refractivity contribution in [1.29, 1.82) is 0 Å². The summed E-state index contributed by atoms with van der Waals surface area (Å²) in [6.45, 7) is 5.70. The summed E-state index contributed by atoms with van der Waals surface area (Å²) in [4.78, 5) is 16.8. The van der Waals surface area contributed by atoms with Crippen molar-refractivity contribution in [3.05, 3.63) is 59.9 Å². The van der Waals surface area contributed by atoms with E-state index in [1.165, 1.54) is 17.8 Å². The molecule has 28 heavy (non-hydrogen) atoms. The van der Waals surface area contributed by atoms with Gasteiger partial charge in [-0.15, -0.1) is 0 Å². The third kappa shape index (κ3) is 5.96. The first-order valence-electron chi connectivity index (χ1n) is 9.76. The van der Waals surface area contributed by atoms with E-state index in [9.17, 15) is 9.18 Å². The van der Waals surface area contributed by atoms with Gasteiger partial charge < -0.3 is 15.0 Å². The summed E-state index contributed by atoms with van der Waals surface area (Å²) >= 11 is 0. The van der Waals surface area contributed by atoms with Gasteiger partial charge in [0.25, 0.3) is 0 Å². The van der Waals surface area contributed by atoms with Crippen molar-refractivity contribution in [2.75, 3.05) is 51.3 Å². The lowest BCUT2D eigenvalue weighted by atomic mass is 10.1. The second-order valence-corrected chi connectivity index (χ2v) is 7.03. The van der Waals surface area contributed by atoms with E-state index in [1.54, 1.807) is 19.2 Å². The van der Waals surface area contributed by atoms with E-state index in [-0.39, 0.29) is 11.7 Å². The maximum absolute atomic E-state index is 12.9. The Balaban J connectivity index is 1.31. The fourth-order valence-corrected chi connectivity index (χ4v) is 3.40.